The van der Waals surface area contributed by atoms with Gasteiger partial charge in [0.15, 0.2) is 0 Å². The lowest BCUT2D eigenvalue weighted by molar-refractivity contribution is -0.137. The summed E-state index contributed by atoms with van der Waals surface area (Å²) in [7, 11) is 0. The summed E-state index contributed by atoms with van der Waals surface area (Å²) in [6, 6.07) is 11.7. The van der Waals surface area contributed by atoms with Crippen LogP contribution < -0.4 is 0 Å². The van der Waals surface area contributed by atoms with Gasteiger partial charge in [0.2, 0.25) is 0 Å². The first-order valence-electron chi connectivity index (χ1n) is 9.98. The molecular formula is C24H17ClF4N2S. The van der Waals surface area contributed by atoms with E-state index in [2.05, 4.69) is 11.1 Å². The Bertz CT molecular complexity index is 1200. The lowest BCUT2D eigenvalue weighted by Gasteiger charge is -2.22. The summed E-state index contributed by atoms with van der Waals surface area (Å²) in [5.74, 6) is -0.312. The summed E-state index contributed by atoms with van der Waals surface area (Å²) in [5.41, 5.74) is 2.40. The number of alkyl halides is 3. The zero-order valence-electron chi connectivity index (χ0n) is 16.8. The molecule has 0 N–H and O–H groups in total. The summed E-state index contributed by atoms with van der Waals surface area (Å²) >= 11 is 7.29. The van der Waals surface area contributed by atoms with Crippen LogP contribution in [0.5, 0.6) is 0 Å². The summed E-state index contributed by atoms with van der Waals surface area (Å²) in [4.78, 5) is 4.63. The summed E-state index contributed by atoms with van der Waals surface area (Å²) < 4.78 is 54.1. The molecule has 1 aliphatic carbocycles. The number of hydrogen-bond acceptors (Lipinski definition) is 3. The van der Waals surface area contributed by atoms with Crippen molar-refractivity contribution in [1.82, 2.24) is 4.98 Å². The molecule has 0 saturated carbocycles. The Morgan fingerprint density at radius 2 is 1.78 bits per heavy atom. The van der Waals surface area contributed by atoms with Crippen LogP contribution >= 0.6 is 23.4 Å². The first-order valence-corrected chi connectivity index (χ1v) is 11.3. The zero-order chi connectivity index (χ0) is 22.9. The predicted molar refractivity (Wildman–Crippen MR) is 117 cm³/mol. The van der Waals surface area contributed by atoms with Crippen LogP contribution in [0.25, 0.3) is 11.3 Å². The fourth-order valence-corrected chi connectivity index (χ4v) is 5.26. The number of fused-ring (bicyclic) bond motifs is 1. The van der Waals surface area contributed by atoms with E-state index in [0.29, 0.717) is 40.3 Å². The van der Waals surface area contributed by atoms with Crippen LogP contribution in [-0.2, 0) is 24.8 Å². The molecule has 4 rings (SSSR count). The van der Waals surface area contributed by atoms with Gasteiger partial charge in [0.05, 0.1) is 16.8 Å². The van der Waals surface area contributed by atoms with Crippen molar-refractivity contribution in [2.24, 2.45) is 0 Å². The molecule has 3 aromatic rings. The third-order valence-electron chi connectivity index (χ3n) is 5.47. The Balaban J connectivity index is 1.82. The fraction of sp³-hybridized carbons (Fsp3) is 0.250. The first kappa shape index (κ1) is 22.6. The van der Waals surface area contributed by atoms with E-state index in [1.165, 1.54) is 18.2 Å². The molecule has 0 radical (unpaired) electrons. The van der Waals surface area contributed by atoms with Gasteiger partial charge in [0, 0.05) is 21.9 Å². The second kappa shape index (κ2) is 9.13. The number of aromatic nitrogens is 1. The smallest absolute Gasteiger partial charge is 0.240 e. The summed E-state index contributed by atoms with van der Waals surface area (Å²) in [5, 5.41) is 10.5. The lowest BCUT2D eigenvalue weighted by Crippen LogP contribution is -2.11. The largest absolute Gasteiger partial charge is 0.416 e. The van der Waals surface area contributed by atoms with Gasteiger partial charge in [0.25, 0.3) is 0 Å². The highest BCUT2D eigenvalue weighted by molar-refractivity contribution is 7.98. The fourth-order valence-electron chi connectivity index (χ4n) is 3.91. The molecule has 0 bridgehead atoms. The molecule has 1 aromatic heterocycles. The second-order valence-electron chi connectivity index (χ2n) is 7.48. The van der Waals surface area contributed by atoms with Crippen LogP contribution in [0.1, 0.15) is 40.7 Å². The second-order valence-corrected chi connectivity index (χ2v) is 8.86. The number of rotatable bonds is 4. The van der Waals surface area contributed by atoms with Crippen LogP contribution in [0.3, 0.4) is 0 Å². The molecule has 0 spiro atoms. The molecular weight excluding hydrogens is 460 g/mol. The van der Waals surface area contributed by atoms with E-state index in [9.17, 15) is 22.8 Å². The molecule has 2 nitrogen and oxygen atoms in total. The molecule has 0 fully saturated rings. The maximum Gasteiger partial charge on any atom is 0.416 e. The van der Waals surface area contributed by atoms with Crippen LogP contribution in [0, 0.1) is 17.1 Å². The number of pyridine rings is 1. The standard InChI is InChI=1S/C24H17ClF4N2S/c25-20-9-4-10-21(26)19(20)13-32-23-18(12-30)16-7-1-2-8-17(16)22(31-23)14-5-3-6-15(11-14)24(27,28)29/h3-6,9-11H,1-2,7-8,13H2. The molecule has 0 saturated heterocycles. The van der Waals surface area contributed by atoms with Crippen molar-refractivity contribution in [3.05, 3.63) is 81.1 Å². The zero-order valence-corrected chi connectivity index (χ0v) is 18.3. The van der Waals surface area contributed by atoms with Crippen molar-refractivity contribution < 1.29 is 17.6 Å². The topological polar surface area (TPSA) is 36.7 Å². The Hall–Kier alpha value is -2.56. The van der Waals surface area contributed by atoms with Gasteiger partial charge < -0.3 is 0 Å². The van der Waals surface area contributed by atoms with Crippen molar-refractivity contribution in [2.75, 3.05) is 0 Å². The van der Waals surface area contributed by atoms with Crippen molar-refractivity contribution in [3.63, 3.8) is 0 Å². The van der Waals surface area contributed by atoms with Gasteiger partial charge in [-0.2, -0.15) is 18.4 Å². The molecule has 2 aromatic carbocycles. The van der Waals surface area contributed by atoms with Gasteiger partial charge in [-0.05, 0) is 61.1 Å². The van der Waals surface area contributed by atoms with Gasteiger partial charge in [-0.3, -0.25) is 0 Å². The van der Waals surface area contributed by atoms with E-state index >= 15 is 0 Å². The molecule has 0 aliphatic heterocycles. The van der Waals surface area contributed by atoms with Crippen LogP contribution in [0.15, 0.2) is 47.5 Å². The molecule has 0 unspecified atom stereocenters. The minimum Gasteiger partial charge on any atom is -0.240 e. The third kappa shape index (κ3) is 4.48. The van der Waals surface area contributed by atoms with E-state index in [4.69, 9.17) is 11.6 Å². The van der Waals surface area contributed by atoms with Crippen molar-refractivity contribution in [3.8, 4) is 17.3 Å². The maximum absolute atomic E-state index is 14.2. The Morgan fingerprint density at radius 1 is 1.06 bits per heavy atom. The highest BCUT2D eigenvalue weighted by Crippen LogP contribution is 2.39. The Kier molecular flexibility index (Phi) is 6.45. The SMILES string of the molecule is N#Cc1c(SCc2c(F)cccc2Cl)nc(-c2cccc(C(F)(F)F)c2)c2c1CCCC2. The highest BCUT2D eigenvalue weighted by atomic mass is 35.5. The van der Waals surface area contributed by atoms with Crippen molar-refractivity contribution in [1.29, 1.82) is 5.26 Å². The van der Waals surface area contributed by atoms with E-state index in [-0.39, 0.29) is 10.8 Å². The van der Waals surface area contributed by atoms with Gasteiger partial charge in [-0.25, -0.2) is 9.37 Å². The van der Waals surface area contributed by atoms with Crippen LogP contribution in [0.4, 0.5) is 17.6 Å². The first-order chi connectivity index (χ1) is 15.3. The lowest BCUT2D eigenvalue weighted by atomic mass is 9.86. The van der Waals surface area contributed by atoms with Crippen molar-refractivity contribution in [2.45, 2.75) is 42.6 Å². The summed E-state index contributed by atoms with van der Waals surface area (Å²) in [6.07, 6.45) is -1.41. The third-order valence-corrected chi connectivity index (χ3v) is 6.83. The average molecular weight is 477 g/mol. The van der Waals surface area contributed by atoms with Gasteiger partial charge in [-0.1, -0.05) is 29.8 Å². The van der Waals surface area contributed by atoms with Crippen LogP contribution in [-0.4, -0.2) is 4.98 Å². The minimum atomic E-state index is -4.47. The van der Waals surface area contributed by atoms with Gasteiger partial charge >= 0.3 is 6.18 Å². The molecule has 1 aliphatic rings. The molecule has 32 heavy (non-hydrogen) atoms. The van der Waals surface area contributed by atoms with Crippen molar-refractivity contribution >= 4 is 23.4 Å². The minimum absolute atomic E-state index is 0.147. The molecule has 8 heteroatoms. The van der Waals surface area contributed by atoms with E-state index in [1.807, 2.05) is 0 Å². The molecule has 1 heterocycles. The number of benzene rings is 2. The molecule has 0 amide bonds. The maximum atomic E-state index is 14.2. The van der Waals surface area contributed by atoms with Crippen LogP contribution in [0.2, 0.25) is 5.02 Å². The number of nitriles is 1. The normalized spacial score (nSPS) is 13.5. The quantitative estimate of drug-likeness (QED) is 0.287. The van der Waals surface area contributed by atoms with E-state index < -0.39 is 17.6 Å². The predicted octanol–water partition coefficient (Wildman–Crippen LogP) is 7.60. The Morgan fingerprint density at radius 3 is 2.47 bits per heavy atom. The summed E-state index contributed by atoms with van der Waals surface area (Å²) in [6.45, 7) is 0. The average Bonchev–Trinajstić information content (AvgIpc) is 2.77. The molecule has 164 valence electrons. The van der Waals surface area contributed by atoms with E-state index in [0.717, 1.165) is 47.9 Å². The molecule has 0 atom stereocenters. The Labute approximate surface area is 192 Å². The monoisotopic (exact) mass is 476 g/mol. The van der Waals surface area contributed by atoms with Gasteiger partial charge in [-0.15, -0.1) is 11.8 Å². The highest BCUT2D eigenvalue weighted by Gasteiger charge is 2.31. The van der Waals surface area contributed by atoms with E-state index in [1.54, 1.807) is 12.1 Å². The number of halogens is 5. The number of thioether (sulfide) groups is 1. The number of nitrogens with zero attached hydrogens (tertiary/aromatic N) is 2. The number of hydrogen-bond donors (Lipinski definition) is 0. The van der Waals surface area contributed by atoms with Gasteiger partial charge in [0.1, 0.15) is 16.9 Å².